The van der Waals surface area contributed by atoms with Gasteiger partial charge in [-0.1, -0.05) is 0 Å². The van der Waals surface area contributed by atoms with E-state index in [4.69, 9.17) is 5.73 Å². The van der Waals surface area contributed by atoms with Crippen LogP contribution < -0.4 is 11.1 Å². The number of thioether (sulfide) groups is 1. The van der Waals surface area contributed by atoms with E-state index < -0.39 is 0 Å². The molecule has 1 saturated heterocycles. The molecular formula is C9H16N2OS. The molecule has 2 rings (SSSR count). The van der Waals surface area contributed by atoms with Crippen LogP contribution in [-0.2, 0) is 4.79 Å². The molecule has 0 aromatic heterocycles. The van der Waals surface area contributed by atoms with Crippen molar-refractivity contribution in [2.75, 3.05) is 11.5 Å². The first kappa shape index (κ1) is 9.34. The molecule has 1 aliphatic heterocycles. The van der Waals surface area contributed by atoms with Crippen molar-refractivity contribution in [3.8, 4) is 0 Å². The Morgan fingerprint density at radius 1 is 1.38 bits per heavy atom. The third kappa shape index (κ3) is 1.99. The van der Waals surface area contributed by atoms with E-state index in [0.29, 0.717) is 6.04 Å². The minimum Gasteiger partial charge on any atom is -0.368 e. The zero-order valence-corrected chi connectivity index (χ0v) is 8.53. The highest BCUT2D eigenvalue weighted by Crippen LogP contribution is 2.36. The van der Waals surface area contributed by atoms with Crippen LogP contribution >= 0.6 is 11.8 Å². The van der Waals surface area contributed by atoms with Crippen LogP contribution in [0.1, 0.15) is 25.7 Å². The summed E-state index contributed by atoms with van der Waals surface area (Å²) in [6.45, 7) is 0. The summed E-state index contributed by atoms with van der Waals surface area (Å²) in [5, 5.41) is 3.42. The lowest BCUT2D eigenvalue weighted by Crippen LogP contribution is -2.49. The van der Waals surface area contributed by atoms with E-state index in [1.54, 1.807) is 0 Å². The van der Waals surface area contributed by atoms with Crippen LogP contribution in [0.15, 0.2) is 0 Å². The van der Waals surface area contributed by atoms with Gasteiger partial charge in [0.25, 0.3) is 0 Å². The van der Waals surface area contributed by atoms with Crippen molar-refractivity contribution in [1.82, 2.24) is 5.32 Å². The molecule has 0 atom stereocenters. The lowest BCUT2D eigenvalue weighted by Gasteiger charge is -2.26. The van der Waals surface area contributed by atoms with E-state index in [1.807, 2.05) is 11.8 Å². The van der Waals surface area contributed by atoms with Gasteiger partial charge in [0.05, 0.1) is 5.54 Å². The third-order valence-electron chi connectivity index (χ3n) is 2.92. The van der Waals surface area contributed by atoms with Gasteiger partial charge in [-0.25, -0.2) is 0 Å². The smallest absolute Gasteiger partial charge is 0.237 e. The van der Waals surface area contributed by atoms with Gasteiger partial charge in [0.2, 0.25) is 5.91 Å². The topological polar surface area (TPSA) is 55.1 Å². The number of hydrogen-bond acceptors (Lipinski definition) is 3. The molecule has 13 heavy (non-hydrogen) atoms. The summed E-state index contributed by atoms with van der Waals surface area (Å²) in [6, 6.07) is 0.524. The Kier molecular flexibility index (Phi) is 2.51. The van der Waals surface area contributed by atoms with Crippen molar-refractivity contribution in [3.05, 3.63) is 0 Å². The van der Waals surface area contributed by atoms with Crippen LogP contribution in [0.3, 0.4) is 0 Å². The number of hydrogen-bond donors (Lipinski definition) is 2. The fourth-order valence-corrected chi connectivity index (χ4v) is 2.93. The third-order valence-corrected chi connectivity index (χ3v) is 3.97. The fourth-order valence-electron chi connectivity index (χ4n) is 1.82. The maximum absolute atomic E-state index is 11.1. The van der Waals surface area contributed by atoms with Crippen LogP contribution in [0.25, 0.3) is 0 Å². The number of amides is 1. The molecule has 1 aliphatic carbocycles. The van der Waals surface area contributed by atoms with E-state index in [2.05, 4.69) is 5.32 Å². The van der Waals surface area contributed by atoms with Crippen LogP contribution in [-0.4, -0.2) is 29.0 Å². The van der Waals surface area contributed by atoms with Gasteiger partial charge in [0.1, 0.15) is 0 Å². The quantitative estimate of drug-likeness (QED) is 0.697. The summed E-state index contributed by atoms with van der Waals surface area (Å²) in [4.78, 5) is 11.1. The Labute approximate surface area is 82.8 Å². The largest absolute Gasteiger partial charge is 0.368 e. The normalized spacial score (nSPS) is 27.1. The van der Waals surface area contributed by atoms with Gasteiger partial charge >= 0.3 is 0 Å². The maximum atomic E-state index is 11.1. The summed E-state index contributed by atoms with van der Waals surface area (Å²) < 4.78 is 0. The van der Waals surface area contributed by atoms with Gasteiger partial charge in [0, 0.05) is 6.04 Å². The van der Waals surface area contributed by atoms with Crippen molar-refractivity contribution < 1.29 is 4.79 Å². The lowest BCUT2D eigenvalue weighted by molar-refractivity contribution is -0.121. The Balaban J connectivity index is 1.86. The number of rotatable bonds is 3. The highest BCUT2D eigenvalue weighted by atomic mass is 32.2. The molecular weight excluding hydrogens is 184 g/mol. The van der Waals surface area contributed by atoms with E-state index in [1.165, 1.54) is 24.3 Å². The number of nitrogens with two attached hydrogens (primary N) is 1. The number of primary amides is 1. The first-order chi connectivity index (χ1) is 6.23. The van der Waals surface area contributed by atoms with E-state index >= 15 is 0 Å². The Morgan fingerprint density at radius 3 is 2.46 bits per heavy atom. The van der Waals surface area contributed by atoms with E-state index in [-0.39, 0.29) is 11.4 Å². The molecule has 3 N–H and O–H groups in total. The average molecular weight is 200 g/mol. The molecule has 1 amide bonds. The number of nitrogens with one attached hydrogen (secondary N) is 1. The zero-order valence-electron chi connectivity index (χ0n) is 7.71. The summed E-state index contributed by atoms with van der Waals surface area (Å²) >= 11 is 2.00. The van der Waals surface area contributed by atoms with Gasteiger partial charge in [0.15, 0.2) is 0 Å². The second kappa shape index (κ2) is 3.50. The SMILES string of the molecule is NC(=O)C1(NC2CCSCC2)CC1. The van der Waals surface area contributed by atoms with Gasteiger partial charge < -0.3 is 11.1 Å². The lowest BCUT2D eigenvalue weighted by atomic mass is 10.1. The first-order valence-corrected chi connectivity index (χ1v) is 6.04. The summed E-state index contributed by atoms with van der Waals surface area (Å²) in [5.74, 6) is 2.27. The van der Waals surface area contributed by atoms with Gasteiger partial charge in [-0.15, -0.1) is 0 Å². The van der Waals surface area contributed by atoms with Crippen molar-refractivity contribution in [1.29, 1.82) is 0 Å². The van der Waals surface area contributed by atoms with E-state index in [0.717, 1.165) is 12.8 Å². The minimum atomic E-state index is -0.313. The van der Waals surface area contributed by atoms with Crippen molar-refractivity contribution in [2.45, 2.75) is 37.3 Å². The molecule has 0 bridgehead atoms. The molecule has 1 saturated carbocycles. The Bertz CT molecular complexity index is 210. The average Bonchev–Trinajstić information content (AvgIpc) is 2.87. The molecule has 2 aliphatic rings. The molecule has 74 valence electrons. The van der Waals surface area contributed by atoms with Crippen molar-refractivity contribution in [2.24, 2.45) is 5.73 Å². The van der Waals surface area contributed by atoms with Crippen molar-refractivity contribution >= 4 is 17.7 Å². The zero-order chi connectivity index (χ0) is 9.31. The predicted molar refractivity (Wildman–Crippen MR) is 54.6 cm³/mol. The number of carbonyl (C=O) groups is 1. The van der Waals surface area contributed by atoms with Crippen LogP contribution in [0.2, 0.25) is 0 Å². The Morgan fingerprint density at radius 2 is 2.00 bits per heavy atom. The fraction of sp³-hybridized carbons (Fsp3) is 0.889. The van der Waals surface area contributed by atoms with Gasteiger partial charge in [-0.3, -0.25) is 4.79 Å². The first-order valence-electron chi connectivity index (χ1n) is 4.88. The standard InChI is InChI=1S/C9H16N2OS/c10-8(12)9(3-4-9)11-7-1-5-13-6-2-7/h7,11H,1-6H2,(H2,10,12). The molecule has 0 spiro atoms. The minimum absolute atomic E-state index is 0.161. The molecule has 0 radical (unpaired) electrons. The second-order valence-electron chi connectivity index (χ2n) is 3.98. The summed E-state index contributed by atoms with van der Waals surface area (Å²) in [6.07, 6.45) is 4.23. The van der Waals surface area contributed by atoms with Crippen LogP contribution in [0.4, 0.5) is 0 Å². The highest BCUT2D eigenvalue weighted by Gasteiger charge is 2.49. The van der Waals surface area contributed by atoms with Crippen molar-refractivity contribution in [3.63, 3.8) is 0 Å². The summed E-state index contributed by atoms with van der Waals surface area (Å²) in [7, 11) is 0. The highest BCUT2D eigenvalue weighted by molar-refractivity contribution is 7.99. The van der Waals surface area contributed by atoms with Crippen LogP contribution in [0, 0.1) is 0 Å². The molecule has 2 fully saturated rings. The number of carbonyl (C=O) groups excluding carboxylic acids is 1. The molecule has 0 aromatic carbocycles. The second-order valence-corrected chi connectivity index (χ2v) is 5.20. The van der Waals surface area contributed by atoms with Gasteiger partial charge in [-0.05, 0) is 37.2 Å². The summed E-state index contributed by atoms with van der Waals surface area (Å²) in [5.41, 5.74) is 5.03. The maximum Gasteiger partial charge on any atom is 0.237 e. The van der Waals surface area contributed by atoms with Gasteiger partial charge in [-0.2, -0.15) is 11.8 Å². The monoisotopic (exact) mass is 200 g/mol. The molecule has 3 nitrogen and oxygen atoms in total. The van der Waals surface area contributed by atoms with Crippen LogP contribution in [0.5, 0.6) is 0 Å². The molecule has 4 heteroatoms. The Hall–Kier alpha value is -0.220. The molecule has 0 unspecified atom stereocenters. The van der Waals surface area contributed by atoms with E-state index in [9.17, 15) is 4.79 Å². The predicted octanol–water partition coefficient (Wildman–Crippen LogP) is 0.489. The molecule has 0 aromatic rings. The molecule has 1 heterocycles.